The van der Waals surface area contributed by atoms with Crippen molar-refractivity contribution in [1.82, 2.24) is 5.32 Å². The number of rotatable bonds is 6. The third-order valence-corrected chi connectivity index (χ3v) is 5.30. The van der Waals surface area contributed by atoms with Crippen molar-refractivity contribution in [2.75, 3.05) is 31.3 Å². The van der Waals surface area contributed by atoms with Crippen LogP contribution < -0.4 is 5.32 Å². The molecule has 1 N–H and O–H groups in total. The minimum Gasteiger partial charge on any atom is -0.381 e. The van der Waals surface area contributed by atoms with E-state index in [0.29, 0.717) is 25.5 Å². The molecule has 1 amide bonds. The van der Waals surface area contributed by atoms with Crippen molar-refractivity contribution in [2.45, 2.75) is 25.2 Å². The zero-order chi connectivity index (χ0) is 15.1. The smallest absolute Gasteiger partial charge is 0.232 e. The lowest BCUT2D eigenvalue weighted by molar-refractivity contribution is -0.119. The highest BCUT2D eigenvalue weighted by atomic mass is 32.2. The van der Waals surface area contributed by atoms with E-state index in [1.165, 1.54) is 5.56 Å². The largest absolute Gasteiger partial charge is 0.381 e. The normalized spacial score (nSPS) is 18.9. The van der Waals surface area contributed by atoms with Gasteiger partial charge in [-0.2, -0.15) is 0 Å². The Bertz CT molecular complexity index is 484. The summed E-state index contributed by atoms with van der Waals surface area (Å²) in [6.45, 7) is 3.84. The number of hydrogen-bond donors (Lipinski definition) is 1. The van der Waals surface area contributed by atoms with Crippen LogP contribution in [0.2, 0.25) is 0 Å². The topological polar surface area (TPSA) is 55.4 Å². The first kappa shape index (κ1) is 16.2. The second-order valence-electron chi connectivity index (χ2n) is 5.41. The molecule has 1 heterocycles. The summed E-state index contributed by atoms with van der Waals surface area (Å²) in [6.07, 6.45) is 1.79. The van der Waals surface area contributed by atoms with Crippen LogP contribution in [0.3, 0.4) is 0 Å². The van der Waals surface area contributed by atoms with Gasteiger partial charge in [-0.25, -0.2) is 0 Å². The second kappa shape index (κ2) is 7.71. The molecule has 0 aliphatic carbocycles. The molecule has 1 aliphatic heterocycles. The average molecular weight is 309 g/mol. The molecule has 0 bridgehead atoms. The number of ether oxygens (including phenoxy) is 1. The standard InChI is InChI=1S/C16H23NO3S/c1-2-21(19)12-15(18)17-13-16(8-10-20-11-9-16)14-6-4-3-5-7-14/h3-7H,2,8-13H2,1H3,(H,17,18)/t21-/m0/s1. The molecule has 116 valence electrons. The first-order valence-corrected chi connectivity index (χ1v) is 8.90. The van der Waals surface area contributed by atoms with E-state index in [4.69, 9.17) is 4.74 Å². The first-order chi connectivity index (χ1) is 10.2. The number of nitrogens with one attached hydrogen (secondary N) is 1. The number of benzene rings is 1. The van der Waals surface area contributed by atoms with Gasteiger partial charge in [-0.05, 0) is 18.4 Å². The summed E-state index contributed by atoms with van der Waals surface area (Å²) in [5.74, 6) is 0.486. The van der Waals surface area contributed by atoms with E-state index >= 15 is 0 Å². The van der Waals surface area contributed by atoms with Crippen LogP contribution in [0, 0.1) is 0 Å². The molecular formula is C16H23NO3S. The molecule has 1 aromatic carbocycles. The van der Waals surface area contributed by atoms with Crippen molar-refractivity contribution in [3.8, 4) is 0 Å². The lowest BCUT2D eigenvalue weighted by atomic mass is 9.74. The van der Waals surface area contributed by atoms with Crippen molar-refractivity contribution in [3.63, 3.8) is 0 Å². The summed E-state index contributed by atoms with van der Waals surface area (Å²) >= 11 is 0. The Morgan fingerprint density at radius 3 is 2.57 bits per heavy atom. The van der Waals surface area contributed by atoms with Crippen LogP contribution in [0.25, 0.3) is 0 Å². The maximum Gasteiger partial charge on any atom is 0.232 e. The summed E-state index contributed by atoms with van der Waals surface area (Å²) in [5, 5.41) is 2.97. The second-order valence-corrected chi connectivity index (χ2v) is 7.15. The van der Waals surface area contributed by atoms with Crippen molar-refractivity contribution in [3.05, 3.63) is 35.9 Å². The summed E-state index contributed by atoms with van der Waals surface area (Å²) in [6, 6.07) is 10.3. The van der Waals surface area contributed by atoms with Crippen LogP contribution in [0.5, 0.6) is 0 Å². The van der Waals surface area contributed by atoms with E-state index in [0.717, 1.165) is 12.8 Å². The van der Waals surface area contributed by atoms with Gasteiger partial charge in [0, 0.05) is 41.7 Å². The molecule has 4 nitrogen and oxygen atoms in total. The predicted octanol–water partition coefficient (Wildman–Crippen LogP) is 1.62. The van der Waals surface area contributed by atoms with Gasteiger partial charge in [-0.1, -0.05) is 37.3 Å². The van der Waals surface area contributed by atoms with Crippen LogP contribution in [0.4, 0.5) is 0 Å². The van der Waals surface area contributed by atoms with Gasteiger partial charge >= 0.3 is 0 Å². The number of amides is 1. The molecule has 1 fully saturated rings. The summed E-state index contributed by atoms with van der Waals surface area (Å²) in [5.41, 5.74) is 1.17. The lowest BCUT2D eigenvalue weighted by Gasteiger charge is -2.38. The molecule has 0 radical (unpaired) electrons. The SMILES string of the molecule is CC[S@](=O)CC(=O)NCC1(c2ccccc2)CCOCC1. The van der Waals surface area contributed by atoms with E-state index in [2.05, 4.69) is 17.4 Å². The molecule has 1 atom stereocenters. The molecule has 2 rings (SSSR count). The van der Waals surface area contributed by atoms with E-state index in [1.54, 1.807) is 0 Å². The van der Waals surface area contributed by atoms with E-state index in [-0.39, 0.29) is 17.1 Å². The molecule has 0 saturated carbocycles. The molecule has 21 heavy (non-hydrogen) atoms. The quantitative estimate of drug-likeness (QED) is 0.869. The maximum absolute atomic E-state index is 11.9. The molecule has 1 saturated heterocycles. The maximum atomic E-state index is 11.9. The highest BCUT2D eigenvalue weighted by Gasteiger charge is 2.34. The zero-order valence-electron chi connectivity index (χ0n) is 12.5. The lowest BCUT2D eigenvalue weighted by Crippen LogP contribution is -2.45. The minimum atomic E-state index is -1.06. The molecule has 1 aliphatic rings. The van der Waals surface area contributed by atoms with Gasteiger partial charge in [0.1, 0.15) is 5.75 Å². The molecule has 0 unspecified atom stereocenters. The average Bonchev–Trinajstić information content (AvgIpc) is 2.54. The number of hydrogen-bond acceptors (Lipinski definition) is 3. The van der Waals surface area contributed by atoms with Gasteiger partial charge in [0.2, 0.25) is 5.91 Å². The monoisotopic (exact) mass is 309 g/mol. The third kappa shape index (κ3) is 4.38. The summed E-state index contributed by atoms with van der Waals surface area (Å²) < 4.78 is 16.9. The Kier molecular flexibility index (Phi) is 5.94. The van der Waals surface area contributed by atoms with Gasteiger partial charge in [-0.15, -0.1) is 0 Å². The fraction of sp³-hybridized carbons (Fsp3) is 0.562. The third-order valence-electron chi connectivity index (χ3n) is 4.07. The number of carbonyl (C=O) groups is 1. The van der Waals surface area contributed by atoms with Gasteiger partial charge in [0.05, 0.1) is 0 Å². The fourth-order valence-electron chi connectivity index (χ4n) is 2.69. The van der Waals surface area contributed by atoms with Crippen molar-refractivity contribution in [2.24, 2.45) is 0 Å². The minimum absolute atomic E-state index is 0.0666. The van der Waals surface area contributed by atoms with Gasteiger partial charge in [0.25, 0.3) is 0 Å². The Balaban J connectivity index is 2.04. The molecule has 0 aromatic heterocycles. The number of carbonyl (C=O) groups excluding carboxylic acids is 1. The first-order valence-electron chi connectivity index (χ1n) is 7.41. The van der Waals surface area contributed by atoms with Crippen LogP contribution in [-0.2, 0) is 25.7 Å². The Morgan fingerprint density at radius 1 is 1.29 bits per heavy atom. The highest BCUT2D eigenvalue weighted by Crippen LogP contribution is 2.34. The Labute approximate surface area is 128 Å². The van der Waals surface area contributed by atoms with E-state index in [9.17, 15) is 9.00 Å². The predicted molar refractivity (Wildman–Crippen MR) is 84.7 cm³/mol. The summed E-state index contributed by atoms with van der Waals surface area (Å²) in [4.78, 5) is 11.9. The molecule has 0 spiro atoms. The van der Waals surface area contributed by atoms with Crippen molar-refractivity contribution < 1.29 is 13.7 Å². The van der Waals surface area contributed by atoms with Crippen LogP contribution >= 0.6 is 0 Å². The summed E-state index contributed by atoms with van der Waals surface area (Å²) in [7, 11) is -1.06. The van der Waals surface area contributed by atoms with Crippen LogP contribution in [0.1, 0.15) is 25.3 Å². The zero-order valence-corrected chi connectivity index (χ0v) is 13.3. The van der Waals surface area contributed by atoms with E-state index in [1.807, 2.05) is 25.1 Å². The van der Waals surface area contributed by atoms with Crippen molar-refractivity contribution >= 4 is 16.7 Å². The Hall–Kier alpha value is -1.20. The van der Waals surface area contributed by atoms with Crippen LogP contribution in [0.15, 0.2) is 30.3 Å². The molecule has 1 aromatic rings. The fourth-order valence-corrected chi connectivity index (χ4v) is 3.29. The van der Waals surface area contributed by atoms with Crippen LogP contribution in [-0.4, -0.2) is 41.4 Å². The molecular weight excluding hydrogens is 286 g/mol. The molecule has 5 heteroatoms. The Morgan fingerprint density at radius 2 is 1.95 bits per heavy atom. The van der Waals surface area contributed by atoms with Crippen molar-refractivity contribution in [1.29, 1.82) is 0 Å². The van der Waals surface area contributed by atoms with Gasteiger partial charge in [-0.3, -0.25) is 9.00 Å². The van der Waals surface area contributed by atoms with E-state index < -0.39 is 10.8 Å². The van der Waals surface area contributed by atoms with Gasteiger partial charge in [0.15, 0.2) is 0 Å². The highest BCUT2D eigenvalue weighted by molar-refractivity contribution is 7.85. The van der Waals surface area contributed by atoms with Gasteiger partial charge < -0.3 is 10.1 Å².